The molecular formula is C21H25NO5S. The van der Waals surface area contributed by atoms with E-state index in [0.717, 1.165) is 5.56 Å². The van der Waals surface area contributed by atoms with Crippen LogP contribution < -0.4 is 0 Å². The molecule has 1 heterocycles. The van der Waals surface area contributed by atoms with Gasteiger partial charge in [0.25, 0.3) is 0 Å². The number of nitrogens with one attached hydrogen (secondary N) is 1. The third-order valence-corrected chi connectivity index (χ3v) is 5.08. The number of carbonyl (C=O) groups excluding carboxylic acids is 3. The van der Waals surface area contributed by atoms with Gasteiger partial charge in [-0.3, -0.25) is 9.59 Å². The van der Waals surface area contributed by atoms with Crippen molar-refractivity contribution in [1.29, 1.82) is 0 Å². The van der Waals surface area contributed by atoms with Crippen LogP contribution in [0.1, 0.15) is 50.2 Å². The predicted molar refractivity (Wildman–Crippen MR) is 109 cm³/mol. The summed E-state index contributed by atoms with van der Waals surface area (Å²) in [6.07, 6.45) is 0. The Kier molecular flexibility index (Phi) is 7.87. The van der Waals surface area contributed by atoms with E-state index in [0.29, 0.717) is 17.1 Å². The first kappa shape index (κ1) is 21.8. The summed E-state index contributed by atoms with van der Waals surface area (Å²) in [5.41, 5.74) is 3.83. The molecule has 1 aromatic heterocycles. The lowest BCUT2D eigenvalue weighted by Gasteiger charge is -2.07. The van der Waals surface area contributed by atoms with E-state index >= 15 is 0 Å². The molecule has 0 atom stereocenters. The molecule has 0 fully saturated rings. The predicted octanol–water partition coefficient (Wildman–Crippen LogP) is 3.78. The van der Waals surface area contributed by atoms with Gasteiger partial charge >= 0.3 is 11.9 Å². The number of hydrogen-bond donors (Lipinski definition) is 1. The first-order chi connectivity index (χ1) is 13.3. The molecule has 2 aromatic rings. The number of ether oxygens (including phenoxy) is 2. The molecule has 1 aromatic carbocycles. The van der Waals surface area contributed by atoms with Crippen molar-refractivity contribution in [3.63, 3.8) is 0 Å². The van der Waals surface area contributed by atoms with Gasteiger partial charge in [0.1, 0.15) is 0 Å². The normalized spacial score (nSPS) is 10.6. The van der Waals surface area contributed by atoms with Crippen LogP contribution in [0, 0.1) is 20.8 Å². The van der Waals surface area contributed by atoms with E-state index < -0.39 is 24.3 Å². The lowest BCUT2D eigenvalue weighted by Crippen LogP contribution is -2.19. The lowest BCUT2D eigenvalue weighted by molar-refractivity contribution is -0.139. The second-order valence-corrected chi connectivity index (χ2v) is 7.39. The minimum absolute atomic E-state index is 0.150. The van der Waals surface area contributed by atoms with E-state index in [-0.39, 0.29) is 23.5 Å². The van der Waals surface area contributed by atoms with Gasteiger partial charge in [-0.25, -0.2) is 4.79 Å². The number of aryl methyl sites for hydroxylation is 3. The van der Waals surface area contributed by atoms with Crippen molar-refractivity contribution in [2.24, 2.45) is 0 Å². The zero-order valence-corrected chi connectivity index (χ0v) is 17.4. The fourth-order valence-electron chi connectivity index (χ4n) is 2.78. The van der Waals surface area contributed by atoms with Crippen molar-refractivity contribution in [3.8, 4) is 0 Å². The summed E-state index contributed by atoms with van der Waals surface area (Å²) >= 11 is 1.42. The highest BCUT2D eigenvalue weighted by Gasteiger charge is 2.25. The van der Waals surface area contributed by atoms with Crippen LogP contribution in [-0.4, -0.2) is 41.7 Å². The molecule has 7 heteroatoms. The van der Waals surface area contributed by atoms with Crippen LogP contribution in [0.4, 0.5) is 0 Å². The minimum Gasteiger partial charge on any atom is -0.462 e. The summed E-state index contributed by atoms with van der Waals surface area (Å²) < 4.78 is 10.1. The molecule has 0 saturated carbocycles. The monoisotopic (exact) mass is 403 g/mol. The van der Waals surface area contributed by atoms with Crippen molar-refractivity contribution >= 4 is 29.5 Å². The molecule has 28 heavy (non-hydrogen) atoms. The van der Waals surface area contributed by atoms with Gasteiger partial charge in [0.05, 0.1) is 23.5 Å². The smallest absolute Gasteiger partial charge is 0.340 e. The quantitative estimate of drug-likeness (QED) is 0.507. The van der Waals surface area contributed by atoms with Gasteiger partial charge < -0.3 is 14.5 Å². The summed E-state index contributed by atoms with van der Waals surface area (Å²) in [4.78, 5) is 39.6. The van der Waals surface area contributed by atoms with Crippen LogP contribution in [0.5, 0.6) is 0 Å². The zero-order chi connectivity index (χ0) is 20.7. The average molecular weight is 404 g/mol. The molecule has 0 saturated heterocycles. The molecule has 6 nitrogen and oxygen atoms in total. The number of esters is 2. The maximum absolute atomic E-state index is 12.5. The van der Waals surface area contributed by atoms with Gasteiger partial charge in [0.15, 0.2) is 6.61 Å². The molecule has 0 unspecified atom stereocenters. The lowest BCUT2D eigenvalue weighted by atomic mass is 10.1. The fraction of sp³-hybridized carbons (Fsp3) is 0.381. The highest BCUT2D eigenvalue weighted by molar-refractivity contribution is 7.99. The minimum atomic E-state index is -0.562. The fourth-order valence-corrected chi connectivity index (χ4v) is 3.56. The average Bonchev–Trinajstić information content (AvgIpc) is 2.95. The number of Topliss-reactive ketones (excluding diaryl/α,β-unsaturated/α-hetero) is 1. The largest absolute Gasteiger partial charge is 0.462 e. The Labute approximate surface area is 169 Å². The summed E-state index contributed by atoms with van der Waals surface area (Å²) in [7, 11) is 0. The number of aromatic nitrogens is 1. The third-order valence-electron chi connectivity index (χ3n) is 4.11. The first-order valence-electron chi connectivity index (χ1n) is 9.01. The van der Waals surface area contributed by atoms with Crippen molar-refractivity contribution in [3.05, 3.63) is 57.9 Å². The molecule has 0 spiro atoms. The molecule has 0 bridgehead atoms. The van der Waals surface area contributed by atoms with Gasteiger partial charge in [-0.05, 0) is 33.3 Å². The Hall–Kier alpha value is -2.54. The molecular weight excluding hydrogens is 378 g/mol. The number of benzene rings is 1. The van der Waals surface area contributed by atoms with E-state index in [2.05, 4.69) is 4.98 Å². The van der Waals surface area contributed by atoms with E-state index in [1.54, 1.807) is 20.8 Å². The summed E-state index contributed by atoms with van der Waals surface area (Å²) in [6.45, 7) is 6.92. The molecule has 150 valence electrons. The van der Waals surface area contributed by atoms with Crippen LogP contribution in [-0.2, 0) is 20.0 Å². The van der Waals surface area contributed by atoms with E-state index in [9.17, 15) is 14.4 Å². The van der Waals surface area contributed by atoms with E-state index in [4.69, 9.17) is 9.47 Å². The number of thioether (sulfide) groups is 1. The topological polar surface area (TPSA) is 85.5 Å². The molecule has 0 amide bonds. The Morgan fingerprint density at radius 2 is 1.61 bits per heavy atom. The summed E-state index contributed by atoms with van der Waals surface area (Å²) in [5.74, 6) is -0.619. The Morgan fingerprint density at radius 3 is 2.25 bits per heavy atom. The van der Waals surface area contributed by atoms with Crippen LogP contribution in [0.25, 0.3) is 0 Å². The molecule has 0 aliphatic carbocycles. The van der Waals surface area contributed by atoms with Gasteiger partial charge in [0.2, 0.25) is 5.78 Å². The molecule has 1 N–H and O–H groups in total. The number of carbonyl (C=O) groups is 3. The Balaban J connectivity index is 1.88. The van der Waals surface area contributed by atoms with Crippen LogP contribution >= 0.6 is 11.8 Å². The third kappa shape index (κ3) is 5.73. The number of hydrogen-bond acceptors (Lipinski definition) is 6. The molecule has 0 radical (unpaired) electrons. The second-order valence-electron chi connectivity index (χ2n) is 6.41. The van der Waals surface area contributed by atoms with Gasteiger partial charge in [-0.1, -0.05) is 29.8 Å². The number of ketones is 1. The number of aromatic amines is 1. The highest BCUT2D eigenvalue weighted by Crippen LogP contribution is 2.20. The van der Waals surface area contributed by atoms with Crippen LogP contribution in [0.2, 0.25) is 0 Å². The van der Waals surface area contributed by atoms with Gasteiger partial charge in [-0.2, -0.15) is 0 Å². The summed E-state index contributed by atoms with van der Waals surface area (Å²) in [6, 6.07) is 8.08. The number of H-pyrrole nitrogens is 1. The molecule has 0 aliphatic heterocycles. The molecule has 0 aliphatic rings. The Morgan fingerprint density at radius 1 is 0.964 bits per heavy atom. The van der Waals surface area contributed by atoms with Crippen molar-refractivity contribution in [2.45, 2.75) is 33.4 Å². The van der Waals surface area contributed by atoms with E-state index in [1.165, 1.54) is 17.3 Å². The summed E-state index contributed by atoms with van der Waals surface area (Å²) in [5, 5.41) is 0. The zero-order valence-electron chi connectivity index (χ0n) is 16.6. The second kappa shape index (κ2) is 10.1. The number of rotatable bonds is 9. The van der Waals surface area contributed by atoms with Crippen molar-refractivity contribution < 1.29 is 23.9 Å². The maximum atomic E-state index is 12.5. The Bertz CT molecular complexity index is 854. The standard InChI is InChI=1S/C21H25NO5S/c1-5-26-21(25)20-15(4)22-14(3)19(20)17(23)10-27-18(24)12-28-11-16-8-6-13(2)7-9-16/h6-9,22H,5,10-12H2,1-4H3. The van der Waals surface area contributed by atoms with Crippen molar-refractivity contribution in [2.75, 3.05) is 19.0 Å². The van der Waals surface area contributed by atoms with Crippen LogP contribution in [0.15, 0.2) is 24.3 Å². The first-order valence-corrected chi connectivity index (χ1v) is 10.2. The van der Waals surface area contributed by atoms with Crippen LogP contribution in [0.3, 0.4) is 0 Å². The molecule has 2 rings (SSSR count). The van der Waals surface area contributed by atoms with Gasteiger partial charge in [-0.15, -0.1) is 11.8 Å². The maximum Gasteiger partial charge on any atom is 0.340 e. The van der Waals surface area contributed by atoms with Gasteiger partial charge in [0, 0.05) is 17.1 Å². The highest BCUT2D eigenvalue weighted by atomic mass is 32.2. The SMILES string of the molecule is CCOC(=O)c1c(C)[nH]c(C)c1C(=O)COC(=O)CSCc1ccc(C)cc1. The van der Waals surface area contributed by atoms with E-state index in [1.807, 2.05) is 31.2 Å². The van der Waals surface area contributed by atoms with Crippen molar-refractivity contribution in [1.82, 2.24) is 4.98 Å².